The van der Waals surface area contributed by atoms with Crippen molar-refractivity contribution in [3.05, 3.63) is 119 Å². The molecule has 6 nitrogen and oxygen atoms in total. The molecule has 1 heterocycles. The molecule has 6 heteroatoms. The highest BCUT2D eigenvalue weighted by Crippen LogP contribution is 2.36. The first-order valence-electron chi connectivity index (χ1n) is 16.5. The molecule has 3 aromatic rings. The summed E-state index contributed by atoms with van der Waals surface area (Å²) in [5.74, 6) is -0.917. The first-order chi connectivity index (χ1) is 22.3. The number of aliphatic hydroxyl groups excluding tert-OH is 1. The maximum absolute atomic E-state index is 12.0. The zero-order valence-corrected chi connectivity index (χ0v) is 27.3. The van der Waals surface area contributed by atoms with Crippen LogP contribution < -0.4 is 0 Å². The van der Waals surface area contributed by atoms with E-state index >= 15 is 0 Å². The molecular formula is C40H48O6. The number of unbranched alkanes of at least 4 members (excludes halogenated alkanes) is 2. The van der Waals surface area contributed by atoms with Crippen molar-refractivity contribution in [1.82, 2.24) is 0 Å². The fourth-order valence-electron chi connectivity index (χ4n) is 5.76. The van der Waals surface area contributed by atoms with Crippen LogP contribution in [0.15, 0.2) is 97.1 Å². The van der Waals surface area contributed by atoms with Gasteiger partial charge in [-0.1, -0.05) is 106 Å². The Kier molecular flexibility index (Phi) is 13.4. The standard InChI is InChI=1S/C40H48O6/c1-5-6-7-8-30-9-11-31(12-10-30)32-13-15-33(16-14-32)36-21-22-38(45-26-36)35-19-17-34(18-20-35)37(27-46-39(42)28(2)3)23-24-44-40(43)29(4)25-41/h9-20,36-38,41H,2,4-8,21-27H2,1,3H3. The van der Waals surface area contributed by atoms with Crippen LogP contribution in [0.4, 0.5) is 0 Å². The average molecular weight is 625 g/mol. The maximum atomic E-state index is 12.0. The molecule has 3 aromatic carbocycles. The van der Waals surface area contributed by atoms with E-state index in [0.29, 0.717) is 24.5 Å². The summed E-state index contributed by atoms with van der Waals surface area (Å²) in [5.41, 5.74) is 7.61. The first-order valence-corrected chi connectivity index (χ1v) is 16.5. The number of hydrogen-bond acceptors (Lipinski definition) is 6. The lowest BCUT2D eigenvalue weighted by atomic mass is 9.88. The highest BCUT2D eigenvalue weighted by molar-refractivity contribution is 5.88. The smallest absolute Gasteiger partial charge is 0.335 e. The number of hydrogen-bond donors (Lipinski definition) is 1. The molecule has 0 aliphatic carbocycles. The summed E-state index contributed by atoms with van der Waals surface area (Å²) >= 11 is 0. The second kappa shape index (κ2) is 17.6. The van der Waals surface area contributed by atoms with Gasteiger partial charge in [-0.05, 0) is 72.4 Å². The second-order valence-electron chi connectivity index (χ2n) is 12.3. The van der Waals surface area contributed by atoms with Gasteiger partial charge >= 0.3 is 11.9 Å². The topological polar surface area (TPSA) is 82.1 Å². The molecule has 3 unspecified atom stereocenters. The lowest BCUT2D eigenvalue weighted by Gasteiger charge is -2.30. The van der Waals surface area contributed by atoms with E-state index in [1.54, 1.807) is 6.92 Å². The molecule has 1 aliphatic rings. The largest absolute Gasteiger partial charge is 0.462 e. The quantitative estimate of drug-likeness (QED) is 0.0979. The van der Waals surface area contributed by atoms with Crippen LogP contribution in [0.1, 0.15) is 92.6 Å². The van der Waals surface area contributed by atoms with Crippen LogP contribution in [0.3, 0.4) is 0 Å². The van der Waals surface area contributed by atoms with E-state index in [2.05, 4.69) is 80.7 Å². The second-order valence-corrected chi connectivity index (χ2v) is 12.3. The van der Waals surface area contributed by atoms with Crippen molar-refractivity contribution in [2.24, 2.45) is 0 Å². The SMILES string of the molecule is C=C(C)C(=O)OCC(CCOC(=O)C(=C)CO)c1ccc(C2CCC(c3ccc(-c4ccc(CCCCC)cc4)cc3)CO2)cc1. The van der Waals surface area contributed by atoms with E-state index in [4.69, 9.17) is 19.3 Å². The fraction of sp³-hybridized carbons (Fsp3) is 0.400. The van der Waals surface area contributed by atoms with Gasteiger partial charge in [0.15, 0.2) is 0 Å². The van der Waals surface area contributed by atoms with Gasteiger partial charge in [0.25, 0.3) is 0 Å². The minimum absolute atomic E-state index is 0.00000938. The van der Waals surface area contributed by atoms with Crippen LogP contribution in [-0.4, -0.2) is 43.5 Å². The van der Waals surface area contributed by atoms with Gasteiger partial charge in [0.2, 0.25) is 0 Å². The van der Waals surface area contributed by atoms with Crippen molar-refractivity contribution in [2.75, 3.05) is 26.4 Å². The molecule has 0 aromatic heterocycles. The first kappa shape index (κ1) is 34.9. The molecule has 0 spiro atoms. The van der Waals surface area contributed by atoms with Gasteiger partial charge in [-0.3, -0.25) is 0 Å². The summed E-state index contributed by atoms with van der Waals surface area (Å²) in [7, 11) is 0. The van der Waals surface area contributed by atoms with Crippen LogP contribution in [0, 0.1) is 0 Å². The van der Waals surface area contributed by atoms with E-state index in [-0.39, 0.29) is 30.8 Å². The molecule has 0 radical (unpaired) electrons. The molecule has 0 amide bonds. The highest BCUT2D eigenvalue weighted by Gasteiger charge is 2.25. The number of aryl methyl sites for hydroxylation is 1. The van der Waals surface area contributed by atoms with Crippen molar-refractivity contribution in [3.8, 4) is 11.1 Å². The van der Waals surface area contributed by atoms with Crippen molar-refractivity contribution in [1.29, 1.82) is 0 Å². The molecule has 0 bridgehead atoms. The van der Waals surface area contributed by atoms with Gasteiger partial charge in [-0.25, -0.2) is 9.59 Å². The fourth-order valence-corrected chi connectivity index (χ4v) is 5.76. The molecule has 1 saturated heterocycles. The Balaban J connectivity index is 1.31. The highest BCUT2D eigenvalue weighted by atomic mass is 16.5. The number of rotatable bonds is 16. The van der Waals surface area contributed by atoms with E-state index in [1.165, 1.54) is 41.5 Å². The Labute approximate surface area is 274 Å². The van der Waals surface area contributed by atoms with E-state index < -0.39 is 18.5 Å². The monoisotopic (exact) mass is 624 g/mol. The number of aliphatic hydroxyl groups is 1. The third-order valence-corrected chi connectivity index (χ3v) is 8.74. The summed E-state index contributed by atoms with van der Waals surface area (Å²) in [6, 6.07) is 26.1. The molecule has 1 N–H and O–H groups in total. The van der Waals surface area contributed by atoms with Gasteiger partial charge in [0, 0.05) is 17.4 Å². The molecule has 3 atom stereocenters. The average Bonchev–Trinajstić information content (AvgIpc) is 3.09. The minimum Gasteiger partial charge on any atom is -0.462 e. The number of benzene rings is 3. The summed E-state index contributed by atoms with van der Waals surface area (Å²) in [6.07, 6.45) is 7.36. The Morgan fingerprint density at radius 2 is 1.52 bits per heavy atom. The normalized spacial score (nSPS) is 16.8. The van der Waals surface area contributed by atoms with Crippen LogP contribution in [0.5, 0.6) is 0 Å². The van der Waals surface area contributed by atoms with Gasteiger partial charge in [0.05, 0.1) is 38.1 Å². The number of carbonyl (C=O) groups excluding carboxylic acids is 2. The molecule has 1 aliphatic heterocycles. The Bertz CT molecular complexity index is 1430. The van der Waals surface area contributed by atoms with Gasteiger partial charge in [0.1, 0.15) is 0 Å². The van der Waals surface area contributed by atoms with Crippen LogP contribution in [-0.2, 0) is 30.2 Å². The predicted molar refractivity (Wildman–Crippen MR) is 183 cm³/mol. The number of esters is 2. The molecule has 0 saturated carbocycles. The van der Waals surface area contributed by atoms with Crippen LogP contribution >= 0.6 is 0 Å². The molecule has 4 rings (SSSR count). The van der Waals surface area contributed by atoms with E-state index in [9.17, 15) is 9.59 Å². The van der Waals surface area contributed by atoms with Crippen molar-refractivity contribution < 1.29 is 28.9 Å². The van der Waals surface area contributed by atoms with Crippen molar-refractivity contribution in [3.63, 3.8) is 0 Å². The van der Waals surface area contributed by atoms with Crippen molar-refractivity contribution in [2.45, 2.75) is 76.7 Å². The lowest BCUT2D eigenvalue weighted by Crippen LogP contribution is -2.19. The lowest BCUT2D eigenvalue weighted by molar-refractivity contribution is -0.142. The Morgan fingerprint density at radius 3 is 2.11 bits per heavy atom. The molecule has 46 heavy (non-hydrogen) atoms. The molecule has 1 fully saturated rings. The molecular weight excluding hydrogens is 576 g/mol. The number of ether oxygens (including phenoxy) is 3. The van der Waals surface area contributed by atoms with E-state index in [1.807, 2.05) is 12.1 Å². The van der Waals surface area contributed by atoms with E-state index in [0.717, 1.165) is 30.4 Å². The minimum atomic E-state index is -0.637. The van der Waals surface area contributed by atoms with Gasteiger partial charge < -0.3 is 19.3 Å². The Hall–Kier alpha value is -4.00. The zero-order chi connectivity index (χ0) is 32.9. The van der Waals surface area contributed by atoms with Gasteiger partial charge in [-0.2, -0.15) is 0 Å². The van der Waals surface area contributed by atoms with Crippen LogP contribution in [0.25, 0.3) is 11.1 Å². The molecule has 244 valence electrons. The van der Waals surface area contributed by atoms with Crippen molar-refractivity contribution >= 4 is 11.9 Å². The zero-order valence-electron chi connectivity index (χ0n) is 27.3. The van der Waals surface area contributed by atoms with Gasteiger partial charge in [-0.15, -0.1) is 0 Å². The summed E-state index contributed by atoms with van der Waals surface area (Å²) < 4.78 is 17.0. The summed E-state index contributed by atoms with van der Waals surface area (Å²) in [4.78, 5) is 24.0. The van der Waals surface area contributed by atoms with Crippen LogP contribution in [0.2, 0.25) is 0 Å². The third kappa shape index (κ3) is 10.0. The summed E-state index contributed by atoms with van der Waals surface area (Å²) in [6.45, 7) is 11.4. The predicted octanol–water partition coefficient (Wildman–Crippen LogP) is 8.41. The third-order valence-electron chi connectivity index (χ3n) is 8.74. The number of carbonyl (C=O) groups is 2. The summed E-state index contributed by atoms with van der Waals surface area (Å²) in [5, 5.41) is 9.10. The maximum Gasteiger partial charge on any atom is 0.335 e. The Morgan fingerprint density at radius 1 is 0.870 bits per heavy atom.